The first-order valence-corrected chi connectivity index (χ1v) is 8.77. The Balaban J connectivity index is 1.36. The fraction of sp³-hybridized carbons (Fsp3) is 0.400. The number of benzene rings is 1. The molecule has 4 heteroatoms. The molecule has 0 bridgehead atoms. The third-order valence-electron chi connectivity index (χ3n) is 5.27. The maximum atomic E-state index is 12.5. The highest BCUT2D eigenvalue weighted by molar-refractivity contribution is 5.79. The molecule has 0 radical (unpaired) electrons. The number of hydrogen-bond donors (Lipinski definition) is 0. The molecule has 1 aromatic heterocycles. The summed E-state index contributed by atoms with van der Waals surface area (Å²) in [5.74, 6) is 0.225. The standard InChI is InChI=1S/C20H23N3O/c24-20(12-16-4-3-9-21-13-16)23-11-8-19(15-23)22-10-7-17-5-1-2-6-18(17)14-22/h1-6,9,13,19H,7-8,10-12,14-15H2. The monoisotopic (exact) mass is 321 g/mol. The van der Waals surface area contributed by atoms with E-state index in [0.717, 1.165) is 44.6 Å². The van der Waals surface area contributed by atoms with Crippen LogP contribution in [0.15, 0.2) is 48.8 Å². The molecule has 2 aliphatic rings. The van der Waals surface area contributed by atoms with E-state index in [-0.39, 0.29) is 5.91 Å². The molecule has 2 aromatic rings. The van der Waals surface area contributed by atoms with E-state index in [1.165, 1.54) is 11.1 Å². The van der Waals surface area contributed by atoms with E-state index in [0.29, 0.717) is 12.5 Å². The van der Waals surface area contributed by atoms with Crippen LogP contribution in [-0.2, 0) is 24.2 Å². The van der Waals surface area contributed by atoms with Gasteiger partial charge in [0, 0.05) is 44.6 Å². The van der Waals surface area contributed by atoms with E-state index in [1.54, 1.807) is 12.4 Å². The van der Waals surface area contributed by atoms with Gasteiger partial charge >= 0.3 is 0 Å². The molecule has 1 saturated heterocycles. The Morgan fingerprint density at radius 2 is 2.00 bits per heavy atom. The predicted molar refractivity (Wildman–Crippen MR) is 93.5 cm³/mol. The van der Waals surface area contributed by atoms with E-state index in [1.807, 2.05) is 17.0 Å². The molecule has 1 fully saturated rings. The van der Waals surface area contributed by atoms with Gasteiger partial charge < -0.3 is 4.90 Å². The quantitative estimate of drug-likeness (QED) is 0.870. The Morgan fingerprint density at radius 1 is 1.12 bits per heavy atom. The van der Waals surface area contributed by atoms with Crippen molar-refractivity contribution in [3.05, 3.63) is 65.5 Å². The summed E-state index contributed by atoms with van der Waals surface area (Å²) in [5, 5.41) is 0. The summed E-state index contributed by atoms with van der Waals surface area (Å²) in [6.45, 7) is 3.86. The van der Waals surface area contributed by atoms with Gasteiger partial charge in [-0.1, -0.05) is 30.3 Å². The maximum absolute atomic E-state index is 12.5. The van der Waals surface area contributed by atoms with Crippen molar-refractivity contribution in [1.82, 2.24) is 14.8 Å². The normalized spacial score (nSPS) is 20.8. The number of rotatable bonds is 3. The van der Waals surface area contributed by atoms with Crippen molar-refractivity contribution >= 4 is 5.91 Å². The van der Waals surface area contributed by atoms with Crippen molar-refractivity contribution in [3.63, 3.8) is 0 Å². The zero-order valence-electron chi connectivity index (χ0n) is 13.9. The smallest absolute Gasteiger partial charge is 0.227 e. The van der Waals surface area contributed by atoms with E-state index in [2.05, 4.69) is 34.1 Å². The largest absolute Gasteiger partial charge is 0.341 e. The Bertz CT molecular complexity index is 716. The number of fused-ring (bicyclic) bond motifs is 1. The molecule has 1 amide bonds. The van der Waals surface area contributed by atoms with Gasteiger partial charge in [-0.25, -0.2) is 0 Å². The molecule has 1 atom stereocenters. The second-order valence-electron chi connectivity index (χ2n) is 6.81. The molecule has 4 rings (SSSR count). The van der Waals surface area contributed by atoms with Gasteiger partial charge in [0.15, 0.2) is 0 Å². The van der Waals surface area contributed by atoms with Crippen LogP contribution in [0.2, 0.25) is 0 Å². The van der Waals surface area contributed by atoms with Crippen molar-refractivity contribution in [3.8, 4) is 0 Å². The van der Waals surface area contributed by atoms with Crippen LogP contribution in [0.1, 0.15) is 23.1 Å². The summed E-state index contributed by atoms with van der Waals surface area (Å²) in [4.78, 5) is 21.2. The highest BCUT2D eigenvalue weighted by Gasteiger charge is 2.31. The van der Waals surface area contributed by atoms with Crippen molar-refractivity contribution in [2.24, 2.45) is 0 Å². The number of likely N-dealkylation sites (tertiary alicyclic amines) is 1. The Morgan fingerprint density at radius 3 is 2.83 bits per heavy atom. The van der Waals surface area contributed by atoms with Gasteiger partial charge in [-0.3, -0.25) is 14.7 Å². The first-order valence-electron chi connectivity index (χ1n) is 8.77. The molecular weight excluding hydrogens is 298 g/mol. The number of carbonyl (C=O) groups excluding carboxylic acids is 1. The van der Waals surface area contributed by atoms with E-state index < -0.39 is 0 Å². The number of aromatic nitrogens is 1. The van der Waals surface area contributed by atoms with E-state index in [9.17, 15) is 4.79 Å². The maximum Gasteiger partial charge on any atom is 0.227 e. The average molecular weight is 321 g/mol. The fourth-order valence-electron chi connectivity index (χ4n) is 3.88. The molecule has 0 aliphatic carbocycles. The van der Waals surface area contributed by atoms with Gasteiger partial charge in [-0.2, -0.15) is 0 Å². The first kappa shape index (κ1) is 15.3. The first-order chi connectivity index (χ1) is 11.8. The predicted octanol–water partition coefficient (Wildman–Crippen LogP) is 2.28. The van der Waals surface area contributed by atoms with Crippen LogP contribution in [0.4, 0.5) is 0 Å². The number of pyridine rings is 1. The van der Waals surface area contributed by atoms with Crippen LogP contribution in [-0.4, -0.2) is 46.4 Å². The molecule has 0 spiro atoms. The number of carbonyl (C=O) groups is 1. The SMILES string of the molecule is O=C(Cc1cccnc1)N1CCC(N2CCc3ccccc3C2)C1. The fourth-order valence-corrected chi connectivity index (χ4v) is 3.88. The molecule has 0 saturated carbocycles. The minimum absolute atomic E-state index is 0.225. The zero-order chi connectivity index (χ0) is 16.4. The van der Waals surface area contributed by atoms with Gasteiger partial charge in [0.25, 0.3) is 0 Å². The Labute approximate surface area is 143 Å². The van der Waals surface area contributed by atoms with E-state index >= 15 is 0 Å². The molecule has 3 heterocycles. The number of hydrogen-bond acceptors (Lipinski definition) is 3. The van der Waals surface area contributed by atoms with Crippen LogP contribution in [0.25, 0.3) is 0 Å². The highest BCUT2D eigenvalue weighted by Crippen LogP contribution is 2.24. The van der Waals surface area contributed by atoms with Crippen LogP contribution in [0, 0.1) is 0 Å². The molecule has 2 aliphatic heterocycles. The molecule has 1 aromatic carbocycles. The van der Waals surface area contributed by atoms with Gasteiger partial charge in [0.1, 0.15) is 0 Å². The average Bonchev–Trinajstić information content (AvgIpc) is 3.12. The van der Waals surface area contributed by atoms with Crippen molar-refractivity contribution < 1.29 is 4.79 Å². The van der Waals surface area contributed by atoms with Gasteiger partial charge in [0.05, 0.1) is 6.42 Å². The van der Waals surface area contributed by atoms with Gasteiger partial charge in [0.2, 0.25) is 5.91 Å². The second kappa shape index (κ2) is 6.73. The van der Waals surface area contributed by atoms with Crippen LogP contribution < -0.4 is 0 Å². The highest BCUT2D eigenvalue weighted by atomic mass is 16.2. The minimum Gasteiger partial charge on any atom is -0.341 e. The molecule has 24 heavy (non-hydrogen) atoms. The zero-order valence-corrected chi connectivity index (χ0v) is 13.9. The lowest BCUT2D eigenvalue weighted by atomic mass is 9.98. The molecular formula is C20H23N3O. The van der Waals surface area contributed by atoms with Gasteiger partial charge in [-0.15, -0.1) is 0 Å². The summed E-state index contributed by atoms with van der Waals surface area (Å²) in [6.07, 6.45) is 6.20. The van der Waals surface area contributed by atoms with Crippen molar-refractivity contribution in [1.29, 1.82) is 0 Å². The topological polar surface area (TPSA) is 36.4 Å². The Kier molecular flexibility index (Phi) is 4.30. The molecule has 4 nitrogen and oxygen atoms in total. The van der Waals surface area contributed by atoms with Crippen LogP contribution in [0.5, 0.6) is 0 Å². The number of nitrogens with zero attached hydrogens (tertiary/aromatic N) is 3. The summed E-state index contributed by atoms with van der Waals surface area (Å²) < 4.78 is 0. The summed E-state index contributed by atoms with van der Waals surface area (Å²) in [7, 11) is 0. The van der Waals surface area contributed by atoms with Crippen LogP contribution >= 0.6 is 0 Å². The molecule has 1 unspecified atom stereocenters. The van der Waals surface area contributed by atoms with Gasteiger partial charge in [-0.05, 0) is 35.6 Å². The summed E-state index contributed by atoms with van der Waals surface area (Å²) in [5.41, 5.74) is 3.93. The third-order valence-corrected chi connectivity index (χ3v) is 5.27. The van der Waals surface area contributed by atoms with E-state index in [4.69, 9.17) is 0 Å². The minimum atomic E-state index is 0.225. The van der Waals surface area contributed by atoms with Crippen molar-refractivity contribution in [2.75, 3.05) is 19.6 Å². The lowest BCUT2D eigenvalue weighted by Gasteiger charge is -2.33. The third kappa shape index (κ3) is 3.20. The molecule has 0 N–H and O–H groups in total. The molecule has 124 valence electrons. The summed E-state index contributed by atoms with van der Waals surface area (Å²) in [6, 6.07) is 13.1. The lowest BCUT2D eigenvalue weighted by molar-refractivity contribution is -0.129. The summed E-state index contributed by atoms with van der Waals surface area (Å²) >= 11 is 0. The second-order valence-corrected chi connectivity index (χ2v) is 6.81. The number of amides is 1. The van der Waals surface area contributed by atoms with Crippen LogP contribution in [0.3, 0.4) is 0 Å². The lowest BCUT2D eigenvalue weighted by Crippen LogP contribution is -2.41. The van der Waals surface area contributed by atoms with Crippen molar-refractivity contribution in [2.45, 2.75) is 31.8 Å². The Hall–Kier alpha value is -2.20.